The molecular formula is C25H38N4O. The van der Waals surface area contributed by atoms with Gasteiger partial charge in [-0.1, -0.05) is 0 Å². The molecular weight excluding hydrogens is 372 g/mol. The van der Waals surface area contributed by atoms with Crippen LogP contribution >= 0.6 is 0 Å². The number of nitrogens with zero attached hydrogens (tertiary/aromatic N) is 4. The van der Waals surface area contributed by atoms with E-state index in [1.54, 1.807) is 0 Å². The Morgan fingerprint density at radius 3 is 1.60 bits per heavy atom. The van der Waals surface area contributed by atoms with Crippen molar-refractivity contribution in [3.05, 3.63) is 47.5 Å². The minimum atomic E-state index is 0.0703. The number of hydrogen-bond acceptors (Lipinski definition) is 5. The predicted molar refractivity (Wildman–Crippen MR) is 132 cm³/mol. The highest BCUT2D eigenvalue weighted by Crippen LogP contribution is 2.42. The lowest BCUT2D eigenvalue weighted by Crippen LogP contribution is -2.31. The van der Waals surface area contributed by atoms with Gasteiger partial charge in [0.25, 0.3) is 0 Å². The van der Waals surface area contributed by atoms with E-state index < -0.39 is 0 Å². The van der Waals surface area contributed by atoms with E-state index in [0.29, 0.717) is 0 Å². The van der Waals surface area contributed by atoms with Crippen molar-refractivity contribution in [1.82, 2.24) is 0 Å². The van der Waals surface area contributed by atoms with E-state index in [-0.39, 0.29) is 5.78 Å². The Morgan fingerprint density at radius 2 is 1.17 bits per heavy atom. The van der Waals surface area contributed by atoms with Crippen molar-refractivity contribution in [2.45, 2.75) is 27.7 Å². The van der Waals surface area contributed by atoms with Crippen LogP contribution in [0.5, 0.6) is 0 Å². The summed E-state index contributed by atoms with van der Waals surface area (Å²) in [6, 6.07) is 12.0. The SMILES string of the molecule is CCN(CC)c1c(C(=O)c2ccc(N(C)C)cc2)ccc(N(C)C)c1N(CC)CC. The van der Waals surface area contributed by atoms with Crippen molar-refractivity contribution < 1.29 is 4.79 Å². The minimum absolute atomic E-state index is 0.0703. The Balaban J connectivity index is 2.74. The van der Waals surface area contributed by atoms with Crippen LogP contribution in [0.1, 0.15) is 43.6 Å². The van der Waals surface area contributed by atoms with Gasteiger partial charge in [-0.15, -0.1) is 0 Å². The minimum Gasteiger partial charge on any atom is -0.378 e. The molecule has 0 fully saturated rings. The summed E-state index contributed by atoms with van der Waals surface area (Å²) in [7, 11) is 8.14. The summed E-state index contributed by atoms with van der Waals surface area (Å²) in [4.78, 5) is 22.5. The molecule has 0 N–H and O–H groups in total. The quantitative estimate of drug-likeness (QED) is 0.528. The molecule has 0 saturated heterocycles. The number of ketones is 1. The standard InChI is InChI=1S/C25H38N4O/c1-9-28(10-2)23-21(25(30)19-13-15-20(16-14-19)26(5)6)17-18-22(27(7)8)24(23)29(11-3)12-4/h13-18H,9-12H2,1-8H3. The topological polar surface area (TPSA) is 30.0 Å². The van der Waals surface area contributed by atoms with Crippen molar-refractivity contribution in [1.29, 1.82) is 0 Å². The first-order chi connectivity index (χ1) is 14.3. The second-order valence-electron chi connectivity index (χ2n) is 7.84. The van der Waals surface area contributed by atoms with E-state index in [2.05, 4.69) is 62.6 Å². The first-order valence-electron chi connectivity index (χ1n) is 11.0. The van der Waals surface area contributed by atoms with Crippen molar-refractivity contribution in [2.75, 3.05) is 74.0 Å². The van der Waals surface area contributed by atoms with Gasteiger partial charge < -0.3 is 19.6 Å². The van der Waals surface area contributed by atoms with E-state index >= 15 is 0 Å². The number of anilines is 4. The molecule has 2 rings (SSSR count). The van der Waals surface area contributed by atoms with Crippen LogP contribution in [0.4, 0.5) is 22.7 Å². The van der Waals surface area contributed by atoms with E-state index in [4.69, 9.17) is 0 Å². The van der Waals surface area contributed by atoms with Crippen LogP contribution in [-0.4, -0.2) is 60.2 Å². The van der Waals surface area contributed by atoms with E-state index in [9.17, 15) is 4.79 Å². The summed E-state index contributed by atoms with van der Waals surface area (Å²) >= 11 is 0. The van der Waals surface area contributed by atoms with Gasteiger partial charge in [0.2, 0.25) is 0 Å². The maximum atomic E-state index is 13.6. The van der Waals surface area contributed by atoms with Crippen LogP contribution < -0.4 is 19.6 Å². The third-order valence-electron chi connectivity index (χ3n) is 5.66. The summed E-state index contributed by atoms with van der Waals surface area (Å²) in [5.74, 6) is 0.0703. The van der Waals surface area contributed by atoms with Crippen LogP contribution in [0.15, 0.2) is 36.4 Å². The monoisotopic (exact) mass is 410 g/mol. The molecule has 5 nitrogen and oxygen atoms in total. The largest absolute Gasteiger partial charge is 0.378 e. The lowest BCUT2D eigenvalue weighted by molar-refractivity contribution is 0.103. The molecule has 30 heavy (non-hydrogen) atoms. The smallest absolute Gasteiger partial charge is 0.195 e. The van der Waals surface area contributed by atoms with E-state index in [0.717, 1.165) is 60.1 Å². The summed E-state index contributed by atoms with van der Waals surface area (Å²) in [6.45, 7) is 12.1. The maximum Gasteiger partial charge on any atom is 0.195 e. The maximum absolute atomic E-state index is 13.6. The Hall–Kier alpha value is -2.69. The third-order valence-corrected chi connectivity index (χ3v) is 5.66. The zero-order valence-corrected chi connectivity index (χ0v) is 20.0. The number of carbonyl (C=O) groups is 1. The summed E-state index contributed by atoms with van der Waals surface area (Å²) in [5, 5.41) is 0. The van der Waals surface area contributed by atoms with Crippen molar-refractivity contribution in [3.8, 4) is 0 Å². The Labute approximate surface area is 182 Å². The number of benzene rings is 2. The van der Waals surface area contributed by atoms with Gasteiger partial charge in [-0.25, -0.2) is 0 Å². The van der Waals surface area contributed by atoms with Crippen LogP contribution in [0.3, 0.4) is 0 Å². The molecule has 164 valence electrons. The number of hydrogen-bond donors (Lipinski definition) is 0. The van der Waals surface area contributed by atoms with Gasteiger partial charge in [0, 0.05) is 71.2 Å². The van der Waals surface area contributed by atoms with E-state index in [1.165, 1.54) is 0 Å². The average molecular weight is 411 g/mol. The van der Waals surface area contributed by atoms with Gasteiger partial charge in [0.05, 0.1) is 17.1 Å². The van der Waals surface area contributed by atoms with Gasteiger partial charge in [-0.2, -0.15) is 0 Å². The summed E-state index contributed by atoms with van der Waals surface area (Å²) in [5.41, 5.74) is 5.89. The second-order valence-corrected chi connectivity index (χ2v) is 7.84. The zero-order chi connectivity index (χ0) is 22.4. The molecule has 2 aromatic rings. The summed E-state index contributed by atoms with van der Waals surface area (Å²) in [6.07, 6.45) is 0. The predicted octanol–water partition coefficient (Wildman–Crippen LogP) is 4.74. The molecule has 0 aromatic heterocycles. The number of carbonyl (C=O) groups excluding carboxylic acids is 1. The highest BCUT2D eigenvalue weighted by Gasteiger charge is 2.25. The molecule has 0 saturated carbocycles. The van der Waals surface area contributed by atoms with Gasteiger partial charge in [-0.3, -0.25) is 4.79 Å². The number of rotatable bonds is 10. The lowest BCUT2D eigenvalue weighted by atomic mass is 9.97. The Kier molecular flexibility index (Phi) is 8.16. The van der Waals surface area contributed by atoms with Crippen molar-refractivity contribution >= 4 is 28.5 Å². The van der Waals surface area contributed by atoms with Crippen LogP contribution in [0.2, 0.25) is 0 Å². The molecule has 5 heteroatoms. The average Bonchev–Trinajstić information content (AvgIpc) is 2.75. The second kappa shape index (κ2) is 10.4. The van der Waals surface area contributed by atoms with Crippen molar-refractivity contribution in [2.24, 2.45) is 0 Å². The van der Waals surface area contributed by atoms with Crippen LogP contribution in [0, 0.1) is 0 Å². The highest BCUT2D eigenvalue weighted by molar-refractivity contribution is 6.15. The fourth-order valence-corrected chi connectivity index (χ4v) is 3.89. The fraction of sp³-hybridized carbons (Fsp3) is 0.480. The van der Waals surface area contributed by atoms with E-state index in [1.807, 2.05) is 49.3 Å². The van der Waals surface area contributed by atoms with Gasteiger partial charge in [0.15, 0.2) is 5.78 Å². The van der Waals surface area contributed by atoms with Gasteiger partial charge in [0.1, 0.15) is 0 Å². The highest BCUT2D eigenvalue weighted by atomic mass is 16.1. The molecule has 2 aromatic carbocycles. The fourth-order valence-electron chi connectivity index (χ4n) is 3.89. The molecule has 0 bridgehead atoms. The lowest BCUT2D eigenvalue weighted by Gasteiger charge is -2.35. The third kappa shape index (κ3) is 4.72. The molecule has 0 aliphatic rings. The Morgan fingerprint density at radius 1 is 0.667 bits per heavy atom. The van der Waals surface area contributed by atoms with Gasteiger partial charge in [-0.05, 0) is 64.1 Å². The van der Waals surface area contributed by atoms with Crippen molar-refractivity contribution in [3.63, 3.8) is 0 Å². The first kappa shape index (κ1) is 23.6. The molecule has 0 spiro atoms. The summed E-state index contributed by atoms with van der Waals surface area (Å²) < 4.78 is 0. The molecule has 0 aliphatic carbocycles. The molecule has 0 atom stereocenters. The van der Waals surface area contributed by atoms with Crippen LogP contribution in [0.25, 0.3) is 0 Å². The molecule has 0 heterocycles. The van der Waals surface area contributed by atoms with Gasteiger partial charge >= 0.3 is 0 Å². The first-order valence-corrected chi connectivity index (χ1v) is 11.0. The Bertz CT molecular complexity index is 835. The molecule has 0 aliphatic heterocycles. The van der Waals surface area contributed by atoms with Crippen LogP contribution in [-0.2, 0) is 0 Å². The molecule has 0 unspecified atom stereocenters. The molecule has 0 amide bonds. The zero-order valence-electron chi connectivity index (χ0n) is 20.0. The normalized spacial score (nSPS) is 10.7. The molecule has 0 radical (unpaired) electrons.